The summed E-state index contributed by atoms with van der Waals surface area (Å²) in [6.07, 6.45) is 1.15. The molecule has 1 amide bonds. The summed E-state index contributed by atoms with van der Waals surface area (Å²) in [7, 11) is 0. The maximum absolute atomic E-state index is 12.6. The van der Waals surface area contributed by atoms with E-state index in [2.05, 4.69) is 10.3 Å². The van der Waals surface area contributed by atoms with Crippen molar-refractivity contribution in [2.75, 3.05) is 11.1 Å². The third kappa shape index (κ3) is 4.34. The topological polar surface area (TPSA) is 86.5 Å². The predicted octanol–water partition coefficient (Wildman–Crippen LogP) is 4.74. The quantitative estimate of drug-likeness (QED) is 0.635. The highest BCUT2D eigenvalue weighted by atomic mass is 35.5. The van der Waals surface area contributed by atoms with Gasteiger partial charge >= 0.3 is 0 Å². The molecule has 0 aliphatic carbocycles. The number of ether oxygens (including phenoxy) is 2. The van der Waals surface area contributed by atoms with Crippen molar-refractivity contribution in [3.8, 4) is 5.75 Å². The second-order valence-corrected chi connectivity index (χ2v) is 7.29. The molecule has 6 nitrogen and oxygen atoms in total. The van der Waals surface area contributed by atoms with Crippen molar-refractivity contribution in [1.82, 2.24) is 4.98 Å². The number of nitrogens with one attached hydrogen (secondary N) is 1. The van der Waals surface area contributed by atoms with Crippen molar-refractivity contribution in [3.05, 3.63) is 82.0 Å². The van der Waals surface area contributed by atoms with E-state index in [4.69, 9.17) is 26.8 Å². The van der Waals surface area contributed by atoms with Gasteiger partial charge in [0.05, 0.1) is 18.2 Å². The Morgan fingerprint density at radius 3 is 2.90 bits per heavy atom. The number of nitrogens with two attached hydrogens (primary N) is 1. The normalized spacial score (nSPS) is 13.6. The number of rotatable bonds is 5. The smallest absolute Gasteiger partial charge is 0.255 e. The summed E-state index contributed by atoms with van der Waals surface area (Å²) in [4.78, 5) is 16.6. The number of halogens is 1. The van der Waals surface area contributed by atoms with Gasteiger partial charge in [-0.25, -0.2) is 4.98 Å². The molecule has 0 saturated heterocycles. The van der Waals surface area contributed by atoms with Crippen LogP contribution in [0.2, 0.25) is 5.02 Å². The number of carbonyl (C=O) groups excluding carboxylic acids is 1. The summed E-state index contributed by atoms with van der Waals surface area (Å²) < 4.78 is 11.3. The van der Waals surface area contributed by atoms with Gasteiger partial charge in [0.2, 0.25) is 0 Å². The highest BCUT2D eigenvalue weighted by molar-refractivity contribution is 6.30. The minimum Gasteiger partial charge on any atom is -0.482 e. The second-order valence-electron chi connectivity index (χ2n) is 6.85. The molecule has 1 aliphatic heterocycles. The Morgan fingerprint density at radius 2 is 2.03 bits per heavy atom. The molecular weight excluding hydrogens is 390 g/mol. The van der Waals surface area contributed by atoms with Gasteiger partial charge in [-0.1, -0.05) is 29.8 Å². The van der Waals surface area contributed by atoms with E-state index in [1.807, 2.05) is 49.4 Å². The summed E-state index contributed by atoms with van der Waals surface area (Å²) in [5.41, 5.74) is 10.2. The molecule has 3 aromatic rings. The molecule has 1 aromatic heterocycles. The fourth-order valence-electron chi connectivity index (χ4n) is 3.17. The monoisotopic (exact) mass is 409 g/mol. The van der Waals surface area contributed by atoms with Crippen molar-refractivity contribution >= 4 is 29.0 Å². The average Bonchev–Trinajstić information content (AvgIpc) is 3.18. The number of nitrogen functional groups attached to an aromatic ring is 1. The summed E-state index contributed by atoms with van der Waals surface area (Å²) in [5, 5.41) is 3.38. The van der Waals surface area contributed by atoms with E-state index in [9.17, 15) is 4.79 Å². The first-order valence-electron chi connectivity index (χ1n) is 9.18. The van der Waals surface area contributed by atoms with E-state index in [0.29, 0.717) is 35.2 Å². The molecule has 29 heavy (non-hydrogen) atoms. The summed E-state index contributed by atoms with van der Waals surface area (Å²) in [6, 6.07) is 14.7. The molecule has 0 fully saturated rings. The second kappa shape index (κ2) is 8.11. The molecule has 0 unspecified atom stereocenters. The van der Waals surface area contributed by atoms with Gasteiger partial charge in [-0.2, -0.15) is 0 Å². The molecule has 1 aliphatic rings. The van der Waals surface area contributed by atoms with Crippen LogP contribution in [0.3, 0.4) is 0 Å². The van der Waals surface area contributed by atoms with E-state index in [0.717, 1.165) is 16.7 Å². The van der Waals surface area contributed by atoms with Crippen LogP contribution in [0.15, 0.2) is 54.7 Å². The minimum atomic E-state index is -0.313. The Labute approximate surface area is 173 Å². The zero-order valence-corrected chi connectivity index (χ0v) is 16.6. The Bertz CT molecular complexity index is 1070. The van der Waals surface area contributed by atoms with Gasteiger partial charge in [0.1, 0.15) is 6.10 Å². The Balaban J connectivity index is 1.48. The van der Waals surface area contributed by atoms with E-state index < -0.39 is 0 Å². The van der Waals surface area contributed by atoms with Gasteiger partial charge in [-0.15, -0.1) is 0 Å². The summed E-state index contributed by atoms with van der Waals surface area (Å²) in [5.74, 6) is 0.514. The first-order chi connectivity index (χ1) is 14.0. The van der Waals surface area contributed by atoms with E-state index in [1.165, 1.54) is 6.20 Å². The number of hydrogen-bond donors (Lipinski definition) is 2. The standard InChI is InChI=1S/C22H20ClN3O3/c1-13(29-20-9-18(23)10-25-21(20)24)14-3-2-4-19(8-14)26-22(27)15-5-6-16-11-28-12-17(16)7-15/h2-10,13H,11-12H2,1H3,(H2,24,25)(H,26,27)/t13-/m1/s1. The van der Waals surface area contributed by atoms with E-state index in [1.54, 1.807) is 6.07 Å². The first kappa shape index (κ1) is 19.2. The van der Waals surface area contributed by atoms with Crippen LogP contribution in [0.5, 0.6) is 5.75 Å². The van der Waals surface area contributed by atoms with Crippen molar-refractivity contribution < 1.29 is 14.3 Å². The van der Waals surface area contributed by atoms with E-state index >= 15 is 0 Å². The molecule has 0 saturated carbocycles. The molecule has 2 heterocycles. The van der Waals surface area contributed by atoms with Crippen LogP contribution in [-0.4, -0.2) is 10.9 Å². The fourth-order valence-corrected chi connectivity index (χ4v) is 3.32. The maximum Gasteiger partial charge on any atom is 0.255 e. The lowest BCUT2D eigenvalue weighted by Crippen LogP contribution is -2.13. The number of pyridine rings is 1. The molecule has 148 valence electrons. The number of hydrogen-bond acceptors (Lipinski definition) is 5. The third-order valence-electron chi connectivity index (χ3n) is 4.75. The van der Waals surface area contributed by atoms with Gasteiger partial charge in [0, 0.05) is 23.5 Å². The van der Waals surface area contributed by atoms with Crippen LogP contribution >= 0.6 is 11.6 Å². The minimum absolute atomic E-state index is 0.172. The van der Waals surface area contributed by atoms with Crippen LogP contribution in [0.1, 0.15) is 40.1 Å². The van der Waals surface area contributed by atoms with Crippen molar-refractivity contribution in [2.45, 2.75) is 26.2 Å². The van der Waals surface area contributed by atoms with Gasteiger partial charge in [-0.3, -0.25) is 4.79 Å². The average molecular weight is 410 g/mol. The number of carbonyl (C=O) groups is 1. The number of aromatic nitrogens is 1. The highest BCUT2D eigenvalue weighted by Crippen LogP contribution is 2.29. The molecule has 2 aromatic carbocycles. The van der Waals surface area contributed by atoms with Crippen LogP contribution in [-0.2, 0) is 18.0 Å². The van der Waals surface area contributed by atoms with Crippen LogP contribution in [0, 0.1) is 0 Å². The lowest BCUT2D eigenvalue weighted by molar-refractivity contribution is 0.102. The summed E-state index contributed by atoms with van der Waals surface area (Å²) >= 11 is 5.97. The van der Waals surface area contributed by atoms with Crippen molar-refractivity contribution in [3.63, 3.8) is 0 Å². The fraction of sp³-hybridized carbons (Fsp3) is 0.182. The van der Waals surface area contributed by atoms with Gasteiger partial charge in [0.15, 0.2) is 11.6 Å². The Morgan fingerprint density at radius 1 is 1.21 bits per heavy atom. The molecule has 0 bridgehead atoms. The van der Waals surface area contributed by atoms with Crippen LogP contribution < -0.4 is 15.8 Å². The predicted molar refractivity (Wildman–Crippen MR) is 112 cm³/mol. The molecular formula is C22H20ClN3O3. The first-order valence-corrected chi connectivity index (χ1v) is 9.56. The largest absolute Gasteiger partial charge is 0.482 e. The van der Waals surface area contributed by atoms with Gasteiger partial charge in [0.25, 0.3) is 5.91 Å². The lowest BCUT2D eigenvalue weighted by Gasteiger charge is -2.17. The Hall–Kier alpha value is -3.09. The lowest BCUT2D eigenvalue weighted by atomic mass is 10.1. The zero-order chi connectivity index (χ0) is 20.4. The SMILES string of the molecule is C[C@@H](Oc1cc(Cl)cnc1N)c1cccc(NC(=O)c2ccc3c(c2)COC3)c1. The highest BCUT2D eigenvalue weighted by Gasteiger charge is 2.16. The summed E-state index contributed by atoms with van der Waals surface area (Å²) in [6.45, 7) is 3.04. The molecule has 0 spiro atoms. The molecule has 4 rings (SSSR count). The number of nitrogens with zero attached hydrogens (tertiary/aromatic N) is 1. The molecule has 3 N–H and O–H groups in total. The zero-order valence-electron chi connectivity index (χ0n) is 15.8. The Kier molecular flexibility index (Phi) is 5.38. The van der Waals surface area contributed by atoms with Crippen LogP contribution in [0.25, 0.3) is 0 Å². The molecule has 7 heteroatoms. The molecule has 1 atom stereocenters. The maximum atomic E-state index is 12.6. The molecule has 0 radical (unpaired) electrons. The number of amides is 1. The number of benzene rings is 2. The van der Waals surface area contributed by atoms with Gasteiger partial charge in [-0.05, 0) is 47.9 Å². The van der Waals surface area contributed by atoms with Gasteiger partial charge < -0.3 is 20.5 Å². The number of fused-ring (bicyclic) bond motifs is 1. The van der Waals surface area contributed by atoms with Crippen molar-refractivity contribution in [1.29, 1.82) is 0 Å². The van der Waals surface area contributed by atoms with Crippen LogP contribution in [0.4, 0.5) is 11.5 Å². The third-order valence-corrected chi connectivity index (χ3v) is 4.96. The van der Waals surface area contributed by atoms with Crippen molar-refractivity contribution in [2.24, 2.45) is 0 Å². The number of anilines is 2. The van der Waals surface area contributed by atoms with E-state index in [-0.39, 0.29) is 17.8 Å².